The molecule has 1 N–H and O–H groups in total. The highest BCUT2D eigenvalue weighted by Crippen LogP contribution is 2.20. The zero-order chi connectivity index (χ0) is 14.1. The second-order valence-electron chi connectivity index (χ2n) is 7.28. The normalized spacial score (nSPS) is 22.4. The Hall–Kier alpha value is -0.0800. The SMILES string of the molecule is CCC1CCCN(CCCCCNC(C)(C)C)CC1. The maximum Gasteiger partial charge on any atom is 0.00965 e. The fourth-order valence-electron chi connectivity index (χ4n) is 2.96. The van der Waals surface area contributed by atoms with Crippen molar-refractivity contribution < 1.29 is 0 Å². The minimum absolute atomic E-state index is 0.278. The van der Waals surface area contributed by atoms with Crippen LogP contribution in [0.15, 0.2) is 0 Å². The number of rotatable bonds is 7. The zero-order valence-corrected chi connectivity index (χ0v) is 13.8. The molecule has 2 nitrogen and oxygen atoms in total. The molecule has 0 aromatic carbocycles. The molecule has 1 unspecified atom stereocenters. The molecule has 1 aliphatic heterocycles. The summed E-state index contributed by atoms with van der Waals surface area (Å²) in [5.74, 6) is 1.00. The summed E-state index contributed by atoms with van der Waals surface area (Å²) in [5.41, 5.74) is 0.278. The molecule has 0 aliphatic carbocycles. The molecule has 0 aromatic heterocycles. The lowest BCUT2D eigenvalue weighted by atomic mass is 9.98. The van der Waals surface area contributed by atoms with Crippen molar-refractivity contribution in [2.75, 3.05) is 26.2 Å². The molecule has 0 bridgehead atoms. The number of hydrogen-bond donors (Lipinski definition) is 1. The van der Waals surface area contributed by atoms with Crippen LogP contribution in [0.25, 0.3) is 0 Å². The van der Waals surface area contributed by atoms with Gasteiger partial charge in [-0.25, -0.2) is 0 Å². The van der Waals surface area contributed by atoms with Crippen LogP contribution in [0.3, 0.4) is 0 Å². The summed E-state index contributed by atoms with van der Waals surface area (Å²) in [6, 6.07) is 0. The number of likely N-dealkylation sites (tertiary alicyclic amines) is 1. The second kappa shape index (κ2) is 8.97. The van der Waals surface area contributed by atoms with Crippen LogP contribution in [0.2, 0.25) is 0 Å². The average Bonchev–Trinajstić information content (AvgIpc) is 2.57. The van der Waals surface area contributed by atoms with E-state index in [0.29, 0.717) is 0 Å². The highest BCUT2D eigenvalue weighted by atomic mass is 15.1. The van der Waals surface area contributed by atoms with Crippen LogP contribution in [0.5, 0.6) is 0 Å². The fourth-order valence-corrected chi connectivity index (χ4v) is 2.96. The van der Waals surface area contributed by atoms with Gasteiger partial charge in [-0.3, -0.25) is 0 Å². The molecule has 19 heavy (non-hydrogen) atoms. The molecule has 0 saturated carbocycles. The van der Waals surface area contributed by atoms with Crippen molar-refractivity contribution >= 4 is 0 Å². The highest BCUT2D eigenvalue weighted by molar-refractivity contribution is 4.71. The topological polar surface area (TPSA) is 15.3 Å². The smallest absolute Gasteiger partial charge is 0.00965 e. The molecule has 0 amide bonds. The van der Waals surface area contributed by atoms with E-state index in [1.54, 1.807) is 0 Å². The first kappa shape index (κ1) is 17.0. The Balaban J connectivity index is 2.00. The summed E-state index contributed by atoms with van der Waals surface area (Å²) in [7, 11) is 0. The maximum absolute atomic E-state index is 3.57. The Morgan fingerprint density at radius 1 is 1.05 bits per heavy atom. The average molecular weight is 268 g/mol. The summed E-state index contributed by atoms with van der Waals surface area (Å²) in [6.07, 6.45) is 9.77. The lowest BCUT2D eigenvalue weighted by Gasteiger charge is -2.21. The van der Waals surface area contributed by atoms with Gasteiger partial charge in [0.2, 0.25) is 0 Å². The summed E-state index contributed by atoms with van der Waals surface area (Å²) < 4.78 is 0. The van der Waals surface area contributed by atoms with Gasteiger partial charge in [-0.15, -0.1) is 0 Å². The predicted molar refractivity (Wildman–Crippen MR) is 85.7 cm³/mol. The van der Waals surface area contributed by atoms with Crippen LogP contribution in [-0.4, -0.2) is 36.6 Å². The van der Waals surface area contributed by atoms with Gasteiger partial charge >= 0.3 is 0 Å². The first-order valence-electron chi connectivity index (χ1n) is 8.48. The van der Waals surface area contributed by atoms with E-state index < -0.39 is 0 Å². The first-order chi connectivity index (χ1) is 9.01. The molecule has 1 rings (SSSR count). The van der Waals surface area contributed by atoms with Gasteiger partial charge in [0.1, 0.15) is 0 Å². The first-order valence-corrected chi connectivity index (χ1v) is 8.48. The van der Waals surface area contributed by atoms with Gasteiger partial charge in [0.05, 0.1) is 0 Å². The number of hydrogen-bond acceptors (Lipinski definition) is 2. The molecular formula is C17H36N2. The van der Waals surface area contributed by atoms with Gasteiger partial charge < -0.3 is 10.2 Å². The van der Waals surface area contributed by atoms with E-state index >= 15 is 0 Å². The van der Waals surface area contributed by atoms with Crippen LogP contribution in [0.1, 0.15) is 72.6 Å². The van der Waals surface area contributed by atoms with E-state index in [-0.39, 0.29) is 5.54 Å². The molecule has 1 atom stereocenters. The molecule has 1 fully saturated rings. The third-order valence-corrected chi connectivity index (χ3v) is 4.32. The van der Waals surface area contributed by atoms with Gasteiger partial charge in [0.25, 0.3) is 0 Å². The van der Waals surface area contributed by atoms with Gasteiger partial charge in [0.15, 0.2) is 0 Å². The van der Waals surface area contributed by atoms with Crippen LogP contribution in [0.4, 0.5) is 0 Å². The fraction of sp³-hybridized carbons (Fsp3) is 1.00. The Morgan fingerprint density at radius 3 is 2.53 bits per heavy atom. The molecule has 1 aliphatic rings. The summed E-state index contributed by atoms with van der Waals surface area (Å²) >= 11 is 0. The highest BCUT2D eigenvalue weighted by Gasteiger charge is 2.15. The van der Waals surface area contributed by atoms with Gasteiger partial charge in [-0.2, -0.15) is 0 Å². The zero-order valence-electron chi connectivity index (χ0n) is 13.8. The van der Waals surface area contributed by atoms with Crippen molar-refractivity contribution in [3.05, 3.63) is 0 Å². The van der Waals surface area contributed by atoms with E-state index in [1.807, 2.05) is 0 Å². The summed E-state index contributed by atoms with van der Waals surface area (Å²) in [5, 5.41) is 3.57. The molecule has 114 valence electrons. The van der Waals surface area contributed by atoms with E-state index in [4.69, 9.17) is 0 Å². The van der Waals surface area contributed by atoms with Crippen molar-refractivity contribution in [3.8, 4) is 0 Å². The Labute approximate surface area is 121 Å². The second-order valence-corrected chi connectivity index (χ2v) is 7.28. The van der Waals surface area contributed by atoms with Gasteiger partial charge in [0, 0.05) is 5.54 Å². The molecule has 0 spiro atoms. The van der Waals surface area contributed by atoms with Crippen molar-refractivity contribution in [2.45, 2.75) is 78.2 Å². The third-order valence-electron chi connectivity index (χ3n) is 4.32. The summed E-state index contributed by atoms with van der Waals surface area (Å²) in [4.78, 5) is 2.70. The van der Waals surface area contributed by atoms with Crippen LogP contribution in [0, 0.1) is 5.92 Å². The molecule has 1 heterocycles. The Kier molecular flexibility index (Phi) is 8.01. The lowest BCUT2D eigenvalue weighted by molar-refractivity contribution is 0.272. The monoisotopic (exact) mass is 268 g/mol. The van der Waals surface area contributed by atoms with Crippen molar-refractivity contribution in [3.63, 3.8) is 0 Å². The minimum atomic E-state index is 0.278. The van der Waals surface area contributed by atoms with Crippen molar-refractivity contribution in [1.82, 2.24) is 10.2 Å². The van der Waals surface area contributed by atoms with E-state index in [1.165, 1.54) is 71.1 Å². The minimum Gasteiger partial charge on any atom is -0.312 e. The Bertz CT molecular complexity index is 220. The summed E-state index contributed by atoms with van der Waals surface area (Å²) in [6.45, 7) is 14.3. The molecule has 1 saturated heterocycles. The van der Waals surface area contributed by atoms with Crippen LogP contribution in [-0.2, 0) is 0 Å². The largest absolute Gasteiger partial charge is 0.312 e. The quantitative estimate of drug-likeness (QED) is 0.701. The lowest BCUT2D eigenvalue weighted by Crippen LogP contribution is -2.36. The van der Waals surface area contributed by atoms with Crippen molar-refractivity contribution in [2.24, 2.45) is 5.92 Å². The maximum atomic E-state index is 3.57. The number of unbranched alkanes of at least 4 members (excludes halogenated alkanes) is 2. The van der Waals surface area contributed by atoms with Crippen LogP contribution < -0.4 is 5.32 Å². The molecule has 2 heteroatoms. The number of nitrogens with one attached hydrogen (secondary N) is 1. The molecule has 0 radical (unpaired) electrons. The third kappa shape index (κ3) is 8.65. The van der Waals surface area contributed by atoms with E-state index in [9.17, 15) is 0 Å². The van der Waals surface area contributed by atoms with E-state index in [2.05, 4.69) is 37.9 Å². The number of nitrogens with zero attached hydrogens (tertiary/aromatic N) is 1. The predicted octanol–water partition coefficient (Wildman–Crippen LogP) is 4.06. The van der Waals surface area contributed by atoms with Gasteiger partial charge in [-0.05, 0) is 85.0 Å². The van der Waals surface area contributed by atoms with Crippen LogP contribution >= 0.6 is 0 Å². The van der Waals surface area contributed by atoms with Crippen molar-refractivity contribution in [1.29, 1.82) is 0 Å². The molecule has 0 aromatic rings. The molecular weight excluding hydrogens is 232 g/mol. The standard InChI is InChI=1S/C17H36N2/c1-5-16-10-9-14-19(15-11-16)13-8-6-7-12-18-17(2,3)4/h16,18H,5-15H2,1-4H3. The van der Waals surface area contributed by atoms with Gasteiger partial charge in [-0.1, -0.05) is 19.8 Å². The Morgan fingerprint density at radius 2 is 1.84 bits per heavy atom. The van der Waals surface area contributed by atoms with E-state index in [0.717, 1.165) is 5.92 Å².